The monoisotopic (exact) mass is 268 g/mol. The van der Waals surface area contributed by atoms with Crippen LogP contribution in [0.3, 0.4) is 0 Å². The first-order chi connectivity index (χ1) is 7.09. The van der Waals surface area contributed by atoms with Crippen molar-refractivity contribution in [2.45, 2.75) is 33.1 Å². The first-order valence-electron chi connectivity index (χ1n) is 4.96. The summed E-state index contributed by atoms with van der Waals surface area (Å²) in [6.07, 6.45) is 0. The van der Waals surface area contributed by atoms with Crippen LogP contribution in [0.1, 0.15) is 36.2 Å². The van der Waals surface area contributed by atoms with Crippen LogP contribution in [-0.4, -0.2) is 9.79 Å². The number of phosphoric acid groups is 1. The summed E-state index contributed by atoms with van der Waals surface area (Å²) in [4.78, 5) is 17.6. The molecule has 19 heavy (non-hydrogen) atoms. The van der Waals surface area contributed by atoms with Gasteiger partial charge in [-0.05, 0) is 18.4 Å². The Hall–Kier alpha value is 0.962. The fraction of sp³-hybridized carbons (Fsp3) is 0.455. The smallest absolute Gasteiger partial charge is 1.00 e. The molecule has 0 aliphatic carbocycles. The molecule has 0 bridgehead atoms. The van der Waals surface area contributed by atoms with Crippen molar-refractivity contribution >= 4 is 7.82 Å². The van der Waals surface area contributed by atoms with Gasteiger partial charge >= 0.3 is 64.4 Å². The van der Waals surface area contributed by atoms with Gasteiger partial charge < -0.3 is 8.80 Å². The molecule has 0 saturated heterocycles. The second-order valence-corrected chi connectivity index (χ2v) is 6.00. The van der Waals surface area contributed by atoms with Crippen LogP contribution < -0.4 is 61.1 Å². The number of aryl methyl sites for hydroxylation is 1. The van der Waals surface area contributed by atoms with Crippen LogP contribution in [0.2, 0.25) is 0 Å². The van der Waals surface area contributed by atoms with Crippen LogP contribution in [0.5, 0.6) is 5.75 Å². The zero-order valence-corrected chi connectivity index (χ0v) is 13.8. The Bertz CT molecular complexity index is 453. The molecule has 1 rings (SSSR count). The van der Waals surface area contributed by atoms with Crippen molar-refractivity contribution in [3.05, 3.63) is 29.3 Å². The van der Waals surface area contributed by atoms with E-state index < -0.39 is 7.82 Å². The average Bonchev–Trinajstić information content (AvgIpc) is 2.04. The molecule has 4 nitrogen and oxygen atoms in total. The van der Waals surface area contributed by atoms with Gasteiger partial charge in [-0.3, -0.25) is 9.79 Å². The van der Waals surface area contributed by atoms with E-state index in [1.165, 1.54) is 0 Å². The molecule has 0 aliphatic rings. The van der Waals surface area contributed by atoms with Gasteiger partial charge in [-0.1, -0.05) is 38.5 Å². The second-order valence-electron chi connectivity index (χ2n) is 4.83. The minimum Gasteiger partial charge on any atom is -1.00 e. The SMILES string of the molecule is Cc1ccc(OP(=O)(O)O)c(C(C)(C)C)c1.[H-].[H-].[H-].[Li+].[Li+].[Li+]. The number of hydrogen-bond acceptors (Lipinski definition) is 2. The van der Waals surface area contributed by atoms with Crippen molar-refractivity contribution in [1.82, 2.24) is 0 Å². The normalized spacial score (nSPS) is 10.6. The first-order valence-corrected chi connectivity index (χ1v) is 6.49. The summed E-state index contributed by atoms with van der Waals surface area (Å²) >= 11 is 0. The molecule has 0 aliphatic heterocycles. The minimum atomic E-state index is -4.50. The van der Waals surface area contributed by atoms with Gasteiger partial charge in [0.1, 0.15) is 5.75 Å². The summed E-state index contributed by atoms with van der Waals surface area (Å²) < 4.78 is 15.5. The minimum absolute atomic E-state index is 0. The molecule has 2 N–H and O–H groups in total. The Labute approximate surface area is 155 Å². The number of phosphoric ester groups is 1. The van der Waals surface area contributed by atoms with E-state index in [0.717, 1.165) is 11.1 Å². The third kappa shape index (κ3) is 8.76. The topological polar surface area (TPSA) is 66.8 Å². The first kappa shape index (κ1) is 24.9. The van der Waals surface area contributed by atoms with Crippen LogP contribution >= 0.6 is 7.82 Å². The predicted molar refractivity (Wildman–Crippen MR) is 65.9 cm³/mol. The van der Waals surface area contributed by atoms with Crippen molar-refractivity contribution in [1.29, 1.82) is 0 Å². The molecule has 0 amide bonds. The molecule has 0 aromatic heterocycles. The third-order valence-electron chi connectivity index (χ3n) is 2.16. The zero-order chi connectivity index (χ0) is 12.6. The van der Waals surface area contributed by atoms with Gasteiger partial charge in [0.2, 0.25) is 0 Å². The standard InChI is InChI=1S/C11H17O4P.3Li.3H/c1-8-5-6-10(15-16(12,13)14)9(7-8)11(2,3)4;;;;;;/h5-7H,1-4H3,(H2,12,13,14);;;;;;/q;3*+1;3*-1. The Morgan fingerprint density at radius 2 is 1.63 bits per heavy atom. The molecule has 0 spiro atoms. The van der Waals surface area contributed by atoms with E-state index in [-0.39, 0.29) is 72.0 Å². The maximum atomic E-state index is 10.8. The van der Waals surface area contributed by atoms with E-state index >= 15 is 0 Å². The Balaban J connectivity index is -0.000000107. The van der Waals surface area contributed by atoms with Gasteiger partial charge in [0.25, 0.3) is 0 Å². The van der Waals surface area contributed by atoms with Crippen molar-refractivity contribution in [3.8, 4) is 5.75 Å². The number of hydrogen-bond donors (Lipinski definition) is 2. The molecule has 8 heteroatoms. The predicted octanol–water partition coefficient (Wildman–Crippen LogP) is -5.89. The molecule has 96 valence electrons. The van der Waals surface area contributed by atoms with E-state index in [0.29, 0.717) is 0 Å². The number of rotatable bonds is 2. The van der Waals surface area contributed by atoms with Crippen LogP contribution in [0.25, 0.3) is 0 Å². The van der Waals surface area contributed by atoms with Gasteiger partial charge in [-0.15, -0.1) is 0 Å². The Morgan fingerprint density at radius 1 is 1.16 bits per heavy atom. The molecule has 0 fully saturated rings. The van der Waals surface area contributed by atoms with E-state index in [2.05, 4.69) is 4.52 Å². The maximum absolute atomic E-state index is 10.8. The molecule has 0 atom stereocenters. The van der Waals surface area contributed by atoms with Crippen LogP contribution in [0.4, 0.5) is 0 Å². The zero-order valence-electron chi connectivity index (χ0n) is 15.9. The molecule has 0 radical (unpaired) electrons. The van der Waals surface area contributed by atoms with Crippen molar-refractivity contribution < 1.29 is 79.7 Å². The Morgan fingerprint density at radius 3 is 2.00 bits per heavy atom. The second kappa shape index (κ2) is 9.08. The summed E-state index contributed by atoms with van der Waals surface area (Å²) in [6, 6.07) is 5.24. The molecular weight excluding hydrogens is 248 g/mol. The third-order valence-corrected chi connectivity index (χ3v) is 2.59. The fourth-order valence-corrected chi connectivity index (χ4v) is 1.85. The summed E-state index contributed by atoms with van der Waals surface area (Å²) in [7, 11) is -4.50. The van der Waals surface area contributed by atoms with E-state index in [4.69, 9.17) is 9.79 Å². The summed E-state index contributed by atoms with van der Waals surface area (Å²) in [5.74, 6) is 0.242. The van der Waals surface area contributed by atoms with Crippen molar-refractivity contribution in [3.63, 3.8) is 0 Å². The van der Waals surface area contributed by atoms with E-state index in [9.17, 15) is 4.57 Å². The van der Waals surface area contributed by atoms with Gasteiger partial charge in [-0.2, -0.15) is 0 Å². The summed E-state index contributed by atoms with van der Waals surface area (Å²) in [5.41, 5.74) is 1.59. The van der Waals surface area contributed by atoms with Crippen molar-refractivity contribution in [2.24, 2.45) is 0 Å². The summed E-state index contributed by atoms with van der Waals surface area (Å²) in [6.45, 7) is 7.83. The molecule has 0 heterocycles. The largest absolute Gasteiger partial charge is 1.00 e. The maximum Gasteiger partial charge on any atom is 1.00 e. The molecular formula is C11H20Li3O4P. The van der Waals surface area contributed by atoms with Gasteiger partial charge in [-0.25, -0.2) is 4.57 Å². The summed E-state index contributed by atoms with van der Waals surface area (Å²) in [5, 5.41) is 0. The van der Waals surface area contributed by atoms with Crippen LogP contribution in [0.15, 0.2) is 18.2 Å². The van der Waals surface area contributed by atoms with Gasteiger partial charge in [0.15, 0.2) is 0 Å². The van der Waals surface area contributed by atoms with E-state index in [1.54, 1.807) is 12.1 Å². The molecule has 1 aromatic carbocycles. The van der Waals surface area contributed by atoms with Gasteiger partial charge in [0, 0.05) is 5.56 Å². The quantitative estimate of drug-likeness (QED) is 0.414. The Kier molecular flexibility index (Phi) is 11.9. The molecule has 0 saturated carbocycles. The average molecular weight is 268 g/mol. The molecule has 1 aromatic rings. The van der Waals surface area contributed by atoms with Crippen LogP contribution in [0, 0.1) is 6.92 Å². The van der Waals surface area contributed by atoms with Crippen molar-refractivity contribution in [2.75, 3.05) is 0 Å². The van der Waals surface area contributed by atoms with Crippen LogP contribution in [-0.2, 0) is 9.98 Å². The molecule has 0 unspecified atom stereocenters. The fourth-order valence-electron chi connectivity index (χ4n) is 1.44. The van der Waals surface area contributed by atoms with Gasteiger partial charge in [0.05, 0.1) is 0 Å². The van der Waals surface area contributed by atoms with E-state index in [1.807, 2.05) is 33.8 Å². The number of benzene rings is 1.